The van der Waals surface area contributed by atoms with E-state index in [1.54, 1.807) is 42.5 Å². The van der Waals surface area contributed by atoms with Gasteiger partial charge in [-0.15, -0.1) is 0 Å². The Labute approximate surface area is 147 Å². The highest BCUT2D eigenvalue weighted by atomic mass is 35.5. The number of hydrogen-bond donors (Lipinski definition) is 0. The summed E-state index contributed by atoms with van der Waals surface area (Å²) in [4.78, 5) is 12.3. The van der Waals surface area contributed by atoms with Gasteiger partial charge in [0.15, 0.2) is 5.76 Å². The zero-order valence-electron chi connectivity index (χ0n) is 12.3. The molecule has 0 N–H and O–H groups in total. The van der Waals surface area contributed by atoms with Crippen molar-refractivity contribution in [1.82, 2.24) is 0 Å². The number of carbonyl (C=O) groups is 1. The molecule has 118 valence electrons. The van der Waals surface area contributed by atoms with Crippen LogP contribution in [0.4, 0.5) is 0 Å². The molecule has 0 saturated heterocycles. The molecular formula is C19H10Cl2O3. The molecule has 0 aliphatic heterocycles. The standard InChI is InChI=1S/C19H10Cl2O3/c20-13-1-5-17-11(7-13)9-15(23-17)3-4-16(22)19-10-12-8-14(21)2-6-18(12)24-19/h1-10H. The van der Waals surface area contributed by atoms with Gasteiger partial charge in [-0.3, -0.25) is 4.79 Å². The quantitative estimate of drug-likeness (QED) is 0.316. The number of rotatable bonds is 3. The molecule has 0 spiro atoms. The highest BCUT2D eigenvalue weighted by Gasteiger charge is 2.10. The summed E-state index contributed by atoms with van der Waals surface area (Å²) in [6, 6.07) is 14.1. The van der Waals surface area contributed by atoms with Crippen LogP contribution in [0.2, 0.25) is 10.0 Å². The number of fused-ring (bicyclic) bond motifs is 2. The summed E-state index contributed by atoms with van der Waals surface area (Å²) >= 11 is 11.9. The van der Waals surface area contributed by atoms with Crippen LogP contribution in [0.15, 0.2) is 63.4 Å². The molecule has 3 nitrogen and oxygen atoms in total. The van der Waals surface area contributed by atoms with Gasteiger partial charge in [0.25, 0.3) is 0 Å². The van der Waals surface area contributed by atoms with Crippen LogP contribution in [0.3, 0.4) is 0 Å². The normalized spacial score (nSPS) is 11.8. The Morgan fingerprint density at radius 2 is 1.46 bits per heavy atom. The molecule has 0 saturated carbocycles. The number of allylic oxidation sites excluding steroid dienone is 1. The van der Waals surface area contributed by atoms with Crippen LogP contribution in [0.1, 0.15) is 16.3 Å². The van der Waals surface area contributed by atoms with E-state index in [9.17, 15) is 4.79 Å². The van der Waals surface area contributed by atoms with Crippen molar-refractivity contribution >= 4 is 57.0 Å². The van der Waals surface area contributed by atoms with Crippen LogP contribution >= 0.6 is 23.2 Å². The zero-order valence-corrected chi connectivity index (χ0v) is 13.8. The lowest BCUT2D eigenvalue weighted by molar-refractivity contribution is 0.102. The van der Waals surface area contributed by atoms with Gasteiger partial charge in [-0.1, -0.05) is 23.2 Å². The largest absolute Gasteiger partial charge is 0.457 e. The Morgan fingerprint density at radius 1 is 0.833 bits per heavy atom. The summed E-state index contributed by atoms with van der Waals surface area (Å²) in [5.74, 6) is 0.572. The first-order chi connectivity index (χ1) is 11.6. The fourth-order valence-corrected chi connectivity index (χ4v) is 2.85. The van der Waals surface area contributed by atoms with Gasteiger partial charge in [0.2, 0.25) is 5.78 Å². The SMILES string of the molecule is O=C(C=Cc1cc2cc(Cl)ccc2o1)c1cc2cc(Cl)ccc2o1. The predicted molar refractivity (Wildman–Crippen MR) is 95.8 cm³/mol. The highest BCUT2D eigenvalue weighted by molar-refractivity contribution is 6.31. The molecule has 2 aromatic heterocycles. The van der Waals surface area contributed by atoms with E-state index in [4.69, 9.17) is 32.0 Å². The minimum absolute atomic E-state index is 0.249. The summed E-state index contributed by atoms with van der Waals surface area (Å²) in [7, 11) is 0. The second kappa shape index (κ2) is 5.86. The second-order valence-electron chi connectivity index (χ2n) is 5.32. The third-order valence-electron chi connectivity index (χ3n) is 3.62. The Bertz CT molecular complexity index is 1100. The smallest absolute Gasteiger partial charge is 0.221 e. The molecule has 0 bridgehead atoms. The number of hydrogen-bond acceptors (Lipinski definition) is 3. The average Bonchev–Trinajstić information content (AvgIpc) is 3.15. The lowest BCUT2D eigenvalue weighted by Gasteiger charge is -1.88. The average molecular weight is 357 g/mol. The van der Waals surface area contributed by atoms with Crippen molar-refractivity contribution in [2.45, 2.75) is 0 Å². The first kappa shape index (κ1) is 15.1. The Balaban J connectivity index is 1.62. The lowest BCUT2D eigenvalue weighted by atomic mass is 10.2. The van der Waals surface area contributed by atoms with Gasteiger partial charge < -0.3 is 8.83 Å². The van der Waals surface area contributed by atoms with Gasteiger partial charge in [-0.2, -0.15) is 0 Å². The van der Waals surface area contributed by atoms with E-state index < -0.39 is 0 Å². The van der Waals surface area contributed by atoms with E-state index in [2.05, 4.69) is 0 Å². The molecule has 4 aromatic rings. The first-order valence-electron chi connectivity index (χ1n) is 7.19. The molecule has 2 aromatic carbocycles. The molecular weight excluding hydrogens is 347 g/mol. The third-order valence-corrected chi connectivity index (χ3v) is 4.09. The van der Waals surface area contributed by atoms with Gasteiger partial charge in [-0.05, 0) is 60.7 Å². The minimum Gasteiger partial charge on any atom is -0.457 e. The van der Waals surface area contributed by atoms with E-state index in [-0.39, 0.29) is 11.5 Å². The van der Waals surface area contributed by atoms with E-state index in [0.29, 0.717) is 27.0 Å². The maximum Gasteiger partial charge on any atom is 0.221 e. The van der Waals surface area contributed by atoms with Crippen molar-refractivity contribution in [2.75, 3.05) is 0 Å². The molecule has 0 unspecified atom stereocenters. The van der Waals surface area contributed by atoms with Crippen molar-refractivity contribution in [1.29, 1.82) is 0 Å². The van der Waals surface area contributed by atoms with Crippen molar-refractivity contribution in [3.05, 3.63) is 76.2 Å². The molecule has 0 atom stereocenters. The van der Waals surface area contributed by atoms with Gasteiger partial charge in [0, 0.05) is 20.8 Å². The number of furan rings is 2. The third kappa shape index (κ3) is 2.84. The summed E-state index contributed by atoms with van der Waals surface area (Å²) in [5, 5.41) is 2.90. The van der Waals surface area contributed by atoms with Crippen molar-refractivity contribution in [2.24, 2.45) is 0 Å². The van der Waals surface area contributed by atoms with Crippen molar-refractivity contribution in [3.63, 3.8) is 0 Å². The summed E-state index contributed by atoms with van der Waals surface area (Å²) in [6.45, 7) is 0. The number of ketones is 1. The van der Waals surface area contributed by atoms with E-state index in [1.165, 1.54) is 6.08 Å². The van der Waals surface area contributed by atoms with Crippen molar-refractivity contribution in [3.8, 4) is 0 Å². The lowest BCUT2D eigenvalue weighted by Crippen LogP contribution is -1.89. The van der Waals surface area contributed by atoms with Crippen LogP contribution in [0.5, 0.6) is 0 Å². The van der Waals surface area contributed by atoms with Gasteiger partial charge in [0.05, 0.1) is 0 Å². The Morgan fingerprint density at radius 3 is 2.17 bits per heavy atom. The first-order valence-corrected chi connectivity index (χ1v) is 7.95. The summed E-state index contributed by atoms with van der Waals surface area (Å²) in [6.07, 6.45) is 3.02. The number of carbonyl (C=O) groups excluding carboxylic acids is 1. The number of halogens is 2. The van der Waals surface area contributed by atoms with Crippen LogP contribution in [0, 0.1) is 0 Å². The van der Waals surface area contributed by atoms with Crippen LogP contribution in [-0.2, 0) is 0 Å². The molecule has 5 heteroatoms. The predicted octanol–water partition coefficient (Wildman–Crippen LogP) is 6.38. The van der Waals surface area contributed by atoms with E-state index in [1.807, 2.05) is 12.1 Å². The van der Waals surface area contributed by atoms with Crippen LogP contribution in [0.25, 0.3) is 28.0 Å². The Hall–Kier alpha value is -2.49. The molecule has 2 heterocycles. The monoisotopic (exact) mass is 356 g/mol. The summed E-state index contributed by atoms with van der Waals surface area (Å²) < 4.78 is 11.2. The second-order valence-corrected chi connectivity index (χ2v) is 6.19. The summed E-state index contributed by atoms with van der Waals surface area (Å²) in [5.41, 5.74) is 1.33. The molecule has 0 radical (unpaired) electrons. The van der Waals surface area contributed by atoms with E-state index >= 15 is 0 Å². The van der Waals surface area contributed by atoms with Gasteiger partial charge >= 0.3 is 0 Å². The molecule has 0 aliphatic carbocycles. The highest BCUT2D eigenvalue weighted by Crippen LogP contribution is 2.25. The topological polar surface area (TPSA) is 43.4 Å². The molecule has 0 fully saturated rings. The van der Waals surface area contributed by atoms with Gasteiger partial charge in [-0.25, -0.2) is 0 Å². The number of benzene rings is 2. The van der Waals surface area contributed by atoms with Gasteiger partial charge in [0.1, 0.15) is 16.9 Å². The molecule has 0 amide bonds. The maximum absolute atomic E-state index is 12.3. The fourth-order valence-electron chi connectivity index (χ4n) is 2.49. The van der Waals surface area contributed by atoms with E-state index in [0.717, 1.165) is 10.8 Å². The maximum atomic E-state index is 12.3. The molecule has 0 aliphatic rings. The van der Waals surface area contributed by atoms with Crippen molar-refractivity contribution < 1.29 is 13.6 Å². The molecule has 24 heavy (non-hydrogen) atoms. The minimum atomic E-state index is -0.249. The zero-order chi connectivity index (χ0) is 16.7. The molecule has 4 rings (SSSR count). The Kier molecular flexibility index (Phi) is 3.68. The fraction of sp³-hybridized carbons (Fsp3) is 0. The van der Waals surface area contributed by atoms with Crippen LogP contribution in [-0.4, -0.2) is 5.78 Å². The van der Waals surface area contributed by atoms with Crippen LogP contribution < -0.4 is 0 Å².